The Morgan fingerprint density at radius 2 is 2.02 bits per heavy atom. The molecule has 0 unspecified atom stereocenters. The molecule has 0 aliphatic carbocycles. The zero-order chi connectivity index (χ0) is 27.8. The summed E-state index contributed by atoms with van der Waals surface area (Å²) in [5, 5.41) is 6.65. The number of thiophene rings is 1. The highest BCUT2D eigenvalue weighted by atomic mass is 32.1. The zero-order valence-corrected chi connectivity index (χ0v) is 22.5. The number of rotatable bonds is 6. The molecule has 4 amide bonds. The van der Waals surface area contributed by atoms with E-state index in [-0.39, 0.29) is 17.9 Å². The van der Waals surface area contributed by atoms with Gasteiger partial charge in [-0.15, -0.1) is 11.3 Å². The monoisotopic (exact) mass is 554 g/mol. The highest BCUT2D eigenvalue weighted by molar-refractivity contribution is 7.21. The van der Waals surface area contributed by atoms with Gasteiger partial charge in [0.1, 0.15) is 15.5 Å². The molecular formula is C29H26N6O4S. The van der Waals surface area contributed by atoms with E-state index in [0.29, 0.717) is 56.9 Å². The fourth-order valence-corrected chi connectivity index (χ4v) is 6.10. The van der Waals surface area contributed by atoms with Crippen LogP contribution in [0.25, 0.3) is 10.2 Å². The number of urea groups is 1. The molecule has 4 aromatic rings. The van der Waals surface area contributed by atoms with Crippen molar-refractivity contribution in [3.05, 3.63) is 78.0 Å². The minimum atomic E-state index is -0.408. The van der Waals surface area contributed by atoms with Crippen LogP contribution in [-0.2, 0) is 4.79 Å². The largest absolute Gasteiger partial charge is 0.439 e. The van der Waals surface area contributed by atoms with Crippen LogP contribution in [0.2, 0.25) is 0 Å². The van der Waals surface area contributed by atoms with Crippen LogP contribution in [0.5, 0.6) is 11.6 Å². The molecule has 6 rings (SSSR count). The molecule has 1 fully saturated rings. The lowest BCUT2D eigenvalue weighted by atomic mass is 10.1. The molecule has 0 saturated carbocycles. The first-order valence-corrected chi connectivity index (χ1v) is 13.7. The fraction of sp³-hybridized carbons (Fsp3) is 0.207. The molecule has 40 heavy (non-hydrogen) atoms. The van der Waals surface area contributed by atoms with Crippen molar-refractivity contribution in [2.45, 2.75) is 25.8 Å². The summed E-state index contributed by atoms with van der Waals surface area (Å²) < 4.78 is 5.85. The van der Waals surface area contributed by atoms with Crippen molar-refractivity contribution in [1.82, 2.24) is 20.2 Å². The number of carbonyl (C=O) groups excluding carboxylic acids is 3. The number of aryl methyl sites for hydroxylation is 1. The van der Waals surface area contributed by atoms with Crippen molar-refractivity contribution in [3.63, 3.8) is 0 Å². The smallest absolute Gasteiger partial charge is 0.331 e. The maximum absolute atomic E-state index is 13.5. The van der Waals surface area contributed by atoms with E-state index in [1.165, 1.54) is 17.4 Å². The van der Waals surface area contributed by atoms with Gasteiger partial charge in [0.2, 0.25) is 11.8 Å². The highest BCUT2D eigenvalue weighted by Gasteiger charge is 2.34. The van der Waals surface area contributed by atoms with Gasteiger partial charge < -0.3 is 20.3 Å². The van der Waals surface area contributed by atoms with Crippen LogP contribution in [-0.4, -0.2) is 51.8 Å². The second-order valence-corrected chi connectivity index (χ2v) is 10.6. The number of ether oxygens (including phenoxy) is 1. The first-order valence-electron chi connectivity index (χ1n) is 12.9. The number of anilines is 3. The molecule has 3 aromatic heterocycles. The molecule has 0 radical (unpaired) electrons. The molecule has 11 heteroatoms. The predicted molar refractivity (Wildman–Crippen MR) is 154 cm³/mol. The second-order valence-electron chi connectivity index (χ2n) is 9.61. The summed E-state index contributed by atoms with van der Waals surface area (Å²) in [5.74, 6) is 0.615. The Morgan fingerprint density at radius 1 is 1.20 bits per heavy atom. The van der Waals surface area contributed by atoms with Crippen LogP contribution >= 0.6 is 11.3 Å². The summed E-state index contributed by atoms with van der Waals surface area (Å²) >= 11 is 1.22. The fourth-order valence-electron chi connectivity index (χ4n) is 5.08. The van der Waals surface area contributed by atoms with Crippen LogP contribution in [0, 0.1) is 6.92 Å². The van der Waals surface area contributed by atoms with E-state index in [1.807, 2.05) is 37.3 Å². The minimum Gasteiger partial charge on any atom is -0.439 e. The number of aromatic nitrogens is 2. The van der Waals surface area contributed by atoms with Gasteiger partial charge in [-0.25, -0.2) is 14.8 Å². The molecule has 1 saturated heterocycles. The average Bonchev–Trinajstić information content (AvgIpc) is 3.33. The number of carbonyl (C=O) groups is 3. The second kappa shape index (κ2) is 10.4. The Hall–Kier alpha value is -4.77. The van der Waals surface area contributed by atoms with Crippen molar-refractivity contribution in [2.75, 3.05) is 23.3 Å². The van der Waals surface area contributed by atoms with Gasteiger partial charge in [-0.1, -0.05) is 24.8 Å². The van der Waals surface area contributed by atoms with Gasteiger partial charge in [0, 0.05) is 31.4 Å². The van der Waals surface area contributed by atoms with E-state index >= 15 is 0 Å². The first kappa shape index (κ1) is 25.5. The van der Waals surface area contributed by atoms with Crippen LogP contribution < -0.4 is 20.3 Å². The number of likely N-dealkylation sites (tertiary alicyclic amines) is 1. The van der Waals surface area contributed by atoms with Crippen LogP contribution in [0.3, 0.4) is 0 Å². The Morgan fingerprint density at radius 3 is 2.80 bits per heavy atom. The van der Waals surface area contributed by atoms with Crippen molar-refractivity contribution in [3.8, 4) is 11.6 Å². The number of nitrogens with zero attached hydrogens (tertiary/aromatic N) is 4. The van der Waals surface area contributed by atoms with E-state index < -0.39 is 6.03 Å². The molecule has 2 N–H and O–H groups in total. The number of hydrogen-bond donors (Lipinski definition) is 2. The summed E-state index contributed by atoms with van der Waals surface area (Å²) in [6.45, 7) is 6.49. The number of para-hydroxylation sites is 1. The average molecular weight is 555 g/mol. The Bertz CT molecular complexity index is 1650. The molecule has 1 aromatic carbocycles. The molecule has 2 aliphatic rings. The lowest BCUT2D eigenvalue weighted by Crippen LogP contribution is -2.49. The van der Waals surface area contributed by atoms with Gasteiger partial charge in [0.15, 0.2) is 0 Å². The van der Waals surface area contributed by atoms with Crippen LogP contribution in [0.1, 0.15) is 28.1 Å². The van der Waals surface area contributed by atoms with Gasteiger partial charge >= 0.3 is 6.03 Å². The van der Waals surface area contributed by atoms with E-state index in [1.54, 1.807) is 34.3 Å². The third-order valence-electron chi connectivity index (χ3n) is 6.96. The van der Waals surface area contributed by atoms with Crippen LogP contribution in [0.4, 0.5) is 21.9 Å². The molecule has 1 atom stereocenters. The SMILES string of the molecule is C=CC(=O)N1CCC[C@@H](NC(=O)c2sc3nccc4c3c2NC(=O)N4c2cnc(Oc3ccccc3)cc2C)C1. The van der Waals surface area contributed by atoms with E-state index in [4.69, 9.17) is 4.74 Å². The normalized spacial score (nSPS) is 16.4. The lowest BCUT2D eigenvalue weighted by molar-refractivity contribution is -0.127. The Kier molecular flexibility index (Phi) is 6.64. The highest BCUT2D eigenvalue weighted by Crippen LogP contribution is 2.46. The number of amides is 4. The summed E-state index contributed by atoms with van der Waals surface area (Å²) in [6.07, 6.45) is 6.05. The third-order valence-corrected chi connectivity index (χ3v) is 8.06. The quantitative estimate of drug-likeness (QED) is 0.309. The van der Waals surface area contributed by atoms with Crippen molar-refractivity contribution >= 4 is 56.5 Å². The summed E-state index contributed by atoms with van der Waals surface area (Å²) in [7, 11) is 0. The Labute approximate surface area is 234 Å². The third kappa shape index (κ3) is 4.64. The van der Waals surface area contributed by atoms with E-state index in [9.17, 15) is 14.4 Å². The number of nitrogens with one attached hydrogen (secondary N) is 2. The maximum Gasteiger partial charge on any atom is 0.331 e. The van der Waals surface area contributed by atoms with Crippen molar-refractivity contribution in [2.24, 2.45) is 0 Å². The van der Waals surface area contributed by atoms with E-state index in [2.05, 4.69) is 27.2 Å². The summed E-state index contributed by atoms with van der Waals surface area (Å²) in [5.41, 5.74) is 2.42. The molecule has 5 heterocycles. The van der Waals surface area contributed by atoms with Crippen LogP contribution in [0.15, 0.2) is 67.5 Å². The number of pyridine rings is 2. The molecule has 10 nitrogen and oxygen atoms in total. The van der Waals surface area contributed by atoms with Crippen molar-refractivity contribution < 1.29 is 19.1 Å². The number of hydrogen-bond acceptors (Lipinski definition) is 7. The standard InChI is InChI=1S/C29H26N6O4S/c1-3-23(36)34-13-7-8-18(16-34)32-27(37)26-25-24-20(11-12-30-28(24)40-26)35(29(38)33-25)21-15-31-22(14-17(21)2)39-19-9-5-4-6-10-19/h3-6,9-12,14-15,18H,1,7-8,13,16H2,2H3,(H,32,37)(H,33,38)/t18-/m1/s1. The molecule has 2 aliphatic heterocycles. The summed E-state index contributed by atoms with van der Waals surface area (Å²) in [4.78, 5) is 52.1. The lowest BCUT2D eigenvalue weighted by Gasteiger charge is -2.32. The Balaban J connectivity index is 1.29. The van der Waals surface area contributed by atoms with Crippen molar-refractivity contribution in [1.29, 1.82) is 0 Å². The molecule has 202 valence electrons. The molecular weight excluding hydrogens is 528 g/mol. The minimum absolute atomic E-state index is 0.151. The topological polar surface area (TPSA) is 117 Å². The summed E-state index contributed by atoms with van der Waals surface area (Å²) in [6, 6.07) is 12.3. The van der Waals surface area contributed by atoms with Gasteiger partial charge in [-0.05, 0) is 49.6 Å². The molecule has 0 spiro atoms. The zero-order valence-electron chi connectivity index (χ0n) is 21.7. The first-order chi connectivity index (χ1) is 19.4. The maximum atomic E-state index is 13.5. The van der Waals surface area contributed by atoms with Gasteiger partial charge in [-0.3, -0.25) is 14.5 Å². The van der Waals surface area contributed by atoms with Gasteiger partial charge in [0.05, 0.1) is 28.6 Å². The number of piperidine rings is 1. The predicted octanol–water partition coefficient (Wildman–Crippen LogP) is 5.38. The molecule has 0 bridgehead atoms. The van der Waals surface area contributed by atoms with Gasteiger partial charge in [0.25, 0.3) is 5.91 Å². The van der Waals surface area contributed by atoms with E-state index in [0.717, 1.165) is 18.4 Å². The number of benzene rings is 1. The van der Waals surface area contributed by atoms with Gasteiger partial charge in [-0.2, -0.15) is 0 Å².